The van der Waals surface area contributed by atoms with E-state index in [1.54, 1.807) is 24.3 Å². The highest BCUT2D eigenvalue weighted by Gasteiger charge is 2.34. The van der Waals surface area contributed by atoms with E-state index in [2.05, 4.69) is 10.6 Å². The molecule has 0 radical (unpaired) electrons. The van der Waals surface area contributed by atoms with E-state index in [1.807, 2.05) is 0 Å². The quantitative estimate of drug-likeness (QED) is 0.640. The number of para-hydroxylation sites is 1. The number of imide groups is 1. The van der Waals surface area contributed by atoms with Crippen molar-refractivity contribution in [2.45, 2.75) is 13.1 Å². The van der Waals surface area contributed by atoms with Gasteiger partial charge in [0.1, 0.15) is 5.70 Å². The number of halogens is 3. The molecule has 4 rings (SSSR count). The Hall–Kier alpha value is -3.88. The fourth-order valence-electron chi connectivity index (χ4n) is 3.36. The number of rotatable bonds is 3. The average Bonchev–Trinajstić information content (AvgIpc) is 3.19. The first kappa shape index (κ1) is 19.4. The second-order valence-electron chi connectivity index (χ2n) is 6.68. The second kappa shape index (κ2) is 6.87. The molecule has 0 saturated carbocycles. The topological polar surface area (TPSA) is 80.2 Å². The number of fused-ring (bicyclic) bond motifs is 1. The summed E-state index contributed by atoms with van der Waals surface area (Å²) in [6.07, 6.45) is -3.02. The minimum Gasteiger partial charge on any atom is -0.350 e. The van der Waals surface area contributed by atoms with Gasteiger partial charge in [-0.1, -0.05) is 18.2 Å². The highest BCUT2D eigenvalue weighted by atomic mass is 19.4. The molecule has 1 aliphatic heterocycles. The second-order valence-corrected chi connectivity index (χ2v) is 6.68. The Balaban J connectivity index is 1.83. The zero-order valence-electron chi connectivity index (χ0n) is 15.5. The van der Waals surface area contributed by atoms with Gasteiger partial charge in [-0.25, -0.2) is 0 Å². The first-order chi connectivity index (χ1) is 14.2. The number of benzene rings is 2. The number of hydrogen-bond donors (Lipinski definition) is 2. The third kappa shape index (κ3) is 3.24. The van der Waals surface area contributed by atoms with Crippen LogP contribution in [0.15, 0.2) is 60.4 Å². The summed E-state index contributed by atoms with van der Waals surface area (Å²) in [5.74, 6) is -1.66. The molecule has 0 fully saturated rings. The first-order valence-electron chi connectivity index (χ1n) is 8.82. The predicted octanol–water partition coefficient (Wildman–Crippen LogP) is 3.80. The normalized spacial score (nSPS) is 14.4. The number of anilines is 1. The first-order valence-corrected chi connectivity index (χ1v) is 8.82. The van der Waals surface area contributed by atoms with Crippen molar-refractivity contribution in [1.82, 2.24) is 9.88 Å². The van der Waals surface area contributed by atoms with Gasteiger partial charge < -0.3 is 5.32 Å². The summed E-state index contributed by atoms with van der Waals surface area (Å²) in [7, 11) is 0. The molecular weight excluding hydrogens is 399 g/mol. The van der Waals surface area contributed by atoms with Gasteiger partial charge in [-0.05, 0) is 30.3 Å². The fourth-order valence-corrected chi connectivity index (χ4v) is 3.36. The Kier molecular flexibility index (Phi) is 4.45. The number of alkyl halides is 3. The van der Waals surface area contributed by atoms with Crippen LogP contribution in [-0.4, -0.2) is 22.3 Å². The Morgan fingerprint density at radius 1 is 1.00 bits per heavy atom. The molecule has 0 unspecified atom stereocenters. The molecule has 3 aromatic rings. The van der Waals surface area contributed by atoms with Gasteiger partial charge >= 0.3 is 6.18 Å². The van der Waals surface area contributed by atoms with Crippen LogP contribution in [0.2, 0.25) is 0 Å². The summed E-state index contributed by atoms with van der Waals surface area (Å²) in [6.45, 7) is 1.37. The lowest BCUT2D eigenvalue weighted by Crippen LogP contribution is -2.24. The molecule has 0 atom stereocenters. The van der Waals surface area contributed by atoms with Crippen molar-refractivity contribution in [3.63, 3.8) is 0 Å². The van der Waals surface area contributed by atoms with Crippen molar-refractivity contribution in [3.05, 3.63) is 71.6 Å². The Bertz CT molecular complexity index is 1240. The van der Waals surface area contributed by atoms with Crippen molar-refractivity contribution in [3.8, 4) is 0 Å². The van der Waals surface area contributed by atoms with Crippen LogP contribution in [0, 0.1) is 0 Å². The summed E-state index contributed by atoms with van der Waals surface area (Å²) in [5, 5.41) is 5.51. The SMILES string of the molecule is CC(=O)n1cc(C2=C(Nc3ccc(C(F)(F)F)cc3)C(=O)NC2=O)c2ccccc21. The molecule has 0 bridgehead atoms. The molecular formula is C21H14F3N3O3. The van der Waals surface area contributed by atoms with Crippen LogP contribution in [0.1, 0.15) is 22.8 Å². The molecule has 1 aromatic heterocycles. The van der Waals surface area contributed by atoms with E-state index < -0.39 is 23.6 Å². The Morgan fingerprint density at radius 2 is 1.67 bits per heavy atom. The molecule has 0 saturated heterocycles. The Labute approximate surface area is 168 Å². The molecule has 152 valence electrons. The molecule has 6 nitrogen and oxygen atoms in total. The van der Waals surface area contributed by atoms with E-state index in [9.17, 15) is 27.6 Å². The zero-order chi connectivity index (χ0) is 21.6. The zero-order valence-corrected chi connectivity index (χ0v) is 15.5. The van der Waals surface area contributed by atoms with Gasteiger partial charge in [-0.15, -0.1) is 0 Å². The van der Waals surface area contributed by atoms with Gasteiger partial charge in [-0.2, -0.15) is 13.2 Å². The van der Waals surface area contributed by atoms with Crippen molar-refractivity contribution in [2.75, 3.05) is 5.32 Å². The van der Waals surface area contributed by atoms with Gasteiger partial charge in [0.15, 0.2) is 0 Å². The van der Waals surface area contributed by atoms with E-state index in [-0.39, 0.29) is 22.9 Å². The van der Waals surface area contributed by atoms with E-state index in [0.29, 0.717) is 16.5 Å². The largest absolute Gasteiger partial charge is 0.416 e. The van der Waals surface area contributed by atoms with Gasteiger partial charge in [-0.3, -0.25) is 24.3 Å². The maximum absolute atomic E-state index is 12.8. The van der Waals surface area contributed by atoms with E-state index >= 15 is 0 Å². The van der Waals surface area contributed by atoms with Gasteiger partial charge in [0, 0.05) is 29.8 Å². The summed E-state index contributed by atoms with van der Waals surface area (Å²) in [5.41, 5.74) is 0.198. The fraction of sp³-hybridized carbons (Fsp3) is 0.0952. The maximum atomic E-state index is 12.8. The van der Waals surface area contributed by atoms with Crippen LogP contribution in [0.25, 0.3) is 16.5 Å². The highest BCUT2D eigenvalue weighted by molar-refractivity contribution is 6.38. The lowest BCUT2D eigenvalue weighted by molar-refractivity contribution is -0.137. The number of amides is 2. The number of nitrogens with zero attached hydrogens (tertiary/aromatic N) is 1. The predicted molar refractivity (Wildman–Crippen MR) is 103 cm³/mol. The number of hydrogen-bond acceptors (Lipinski definition) is 4. The molecule has 30 heavy (non-hydrogen) atoms. The molecule has 2 amide bonds. The summed E-state index contributed by atoms with van der Waals surface area (Å²) >= 11 is 0. The van der Waals surface area contributed by atoms with Crippen LogP contribution in [0.5, 0.6) is 0 Å². The molecule has 9 heteroatoms. The number of aromatic nitrogens is 1. The summed E-state index contributed by atoms with van der Waals surface area (Å²) < 4.78 is 39.7. The van der Waals surface area contributed by atoms with E-state index in [4.69, 9.17) is 0 Å². The third-order valence-electron chi connectivity index (χ3n) is 4.73. The standard InChI is InChI=1S/C21H14F3N3O3/c1-11(28)27-10-15(14-4-2-3-5-16(14)27)17-18(20(30)26-19(17)29)25-13-8-6-12(7-9-13)21(22,23)24/h2-10H,1H3,(H2,25,26,29,30). The minimum atomic E-state index is -4.49. The summed E-state index contributed by atoms with van der Waals surface area (Å²) in [6, 6.07) is 11.0. The average molecular weight is 413 g/mol. The molecule has 2 aromatic carbocycles. The molecule has 2 heterocycles. The van der Waals surface area contributed by atoms with Gasteiger partial charge in [0.25, 0.3) is 11.8 Å². The minimum absolute atomic E-state index is 0.0103. The lowest BCUT2D eigenvalue weighted by Gasteiger charge is -2.10. The number of nitrogens with one attached hydrogen (secondary N) is 2. The van der Waals surface area contributed by atoms with E-state index in [0.717, 1.165) is 12.1 Å². The van der Waals surface area contributed by atoms with Crippen LogP contribution in [0.4, 0.5) is 18.9 Å². The summed E-state index contributed by atoms with van der Waals surface area (Å²) in [4.78, 5) is 36.9. The van der Waals surface area contributed by atoms with Crippen molar-refractivity contribution >= 4 is 39.9 Å². The van der Waals surface area contributed by atoms with Crippen LogP contribution in [0.3, 0.4) is 0 Å². The highest BCUT2D eigenvalue weighted by Crippen LogP contribution is 2.33. The molecule has 1 aliphatic rings. The van der Waals surface area contributed by atoms with Crippen LogP contribution < -0.4 is 10.6 Å². The van der Waals surface area contributed by atoms with Gasteiger partial charge in [0.05, 0.1) is 16.7 Å². The number of carbonyl (C=O) groups is 3. The Morgan fingerprint density at radius 3 is 2.30 bits per heavy atom. The lowest BCUT2D eigenvalue weighted by atomic mass is 10.0. The molecule has 0 aliphatic carbocycles. The maximum Gasteiger partial charge on any atom is 0.416 e. The number of carbonyl (C=O) groups excluding carboxylic acids is 3. The van der Waals surface area contributed by atoms with Crippen molar-refractivity contribution in [2.24, 2.45) is 0 Å². The smallest absolute Gasteiger partial charge is 0.350 e. The van der Waals surface area contributed by atoms with E-state index in [1.165, 1.54) is 29.8 Å². The van der Waals surface area contributed by atoms with Crippen molar-refractivity contribution < 1.29 is 27.6 Å². The third-order valence-corrected chi connectivity index (χ3v) is 4.73. The van der Waals surface area contributed by atoms with Crippen molar-refractivity contribution in [1.29, 1.82) is 0 Å². The van der Waals surface area contributed by atoms with Gasteiger partial charge in [0.2, 0.25) is 5.91 Å². The monoisotopic (exact) mass is 413 g/mol. The van der Waals surface area contributed by atoms with Crippen LogP contribution >= 0.6 is 0 Å². The molecule has 0 spiro atoms. The molecule has 2 N–H and O–H groups in total. The van der Waals surface area contributed by atoms with Crippen LogP contribution in [-0.2, 0) is 15.8 Å².